The maximum absolute atomic E-state index is 5.20. The minimum absolute atomic E-state index is 0.534. The standard InChI is InChI=1S/C9H6N2O/c1-3-7-4-8-9(10-5-7)12-6(2)11-8/h1,4-5H,2H3. The van der Waals surface area contributed by atoms with Crippen molar-refractivity contribution in [3.63, 3.8) is 0 Å². The fourth-order valence-electron chi connectivity index (χ4n) is 1.01. The van der Waals surface area contributed by atoms with Crippen LogP contribution in [-0.2, 0) is 0 Å². The Hall–Kier alpha value is -1.82. The number of rotatable bonds is 0. The summed E-state index contributed by atoms with van der Waals surface area (Å²) in [6, 6.07) is 1.78. The average molecular weight is 158 g/mol. The van der Waals surface area contributed by atoms with Crippen molar-refractivity contribution in [3.05, 3.63) is 23.7 Å². The summed E-state index contributed by atoms with van der Waals surface area (Å²) in [6.07, 6.45) is 6.79. The molecule has 0 spiro atoms. The molecule has 0 amide bonds. The Bertz CT molecular complexity index is 465. The Balaban J connectivity index is 2.77. The van der Waals surface area contributed by atoms with E-state index in [9.17, 15) is 0 Å². The molecule has 0 N–H and O–H groups in total. The van der Waals surface area contributed by atoms with Gasteiger partial charge in [0.25, 0.3) is 0 Å². The highest BCUT2D eigenvalue weighted by Gasteiger charge is 2.02. The molecule has 0 bridgehead atoms. The molecule has 0 aliphatic carbocycles. The highest BCUT2D eigenvalue weighted by molar-refractivity contribution is 5.69. The summed E-state index contributed by atoms with van der Waals surface area (Å²) in [5, 5.41) is 0. The minimum Gasteiger partial charge on any atom is -0.423 e. The van der Waals surface area contributed by atoms with Gasteiger partial charge in [0, 0.05) is 18.7 Å². The molecule has 0 radical (unpaired) electrons. The van der Waals surface area contributed by atoms with Gasteiger partial charge in [-0.25, -0.2) is 9.97 Å². The van der Waals surface area contributed by atoms with Crippen LogP contribution in [0.15, 0.2) is 16.7 Å². The Morgan fingerprint density at radius 1 is 1.58 bits per heavy atom. The zero-order chi connectivity index (χ0) is 8.55. The Labute approximate surface area is 69.4 Å². The Morgan fingerprint density at radius 2 is 2.42 bits per heavy atom. The van der Waals surface area contributed by atoms with E-state index in [2.05, 4.69) is 15.9 Å². The quantitative estimate of drug-likeness (QED) is 0.545. The summed E-state index contributed by atoms with van der Waals surface area (Å²) in [7, 11) is 0. The van der Waals surface area contributed by atoms with Gasteiger partial charge < -0.3 is 4.42 Å². The zero-order valence-electron chi connectivity index (χ0n) is 6.53. The van der Waals surface area contributed by atoms with E-state index in [-0.39, 0.29) is 0 Å². The van der Waals surface area contributed by atoms with Crippen molar-refractivity contribution < 1.29 is 4.42 Å². The van der Waals surface area contributed by atoms with Crippen molar-refractivity contribution in [1.29, 1.82) is 0 Å². The summed E-state index contributed by atoms with van der Waals surface area (Å²) in [5.74, 6) is 3.09. The smallest absolute Gasteiger partial charge is 0.246 e. The van der Waals surface area contributed by atoms with Crippen LogP contribution in [0.2, 0.25) is 0 Å². The molecule has 3 heteroatoms. The summed E-state index contributed by atoms with van der Waals surface area (Å²) in [5.41, 5.74) is 1.96. The third-order valence-electron chi connectivity index (χ3n) is 1.52. The summed E-state index contributed by atoms with van der Waals surface area (Å²) in [6.45, 7) is 1.78. The van der Waals surface area contributed by atoms with Gasteiger partial charge in [0.15, 0.2) is 5.89 Å². The lowest BCUT2D eigenvalue weighted by atomic mass is 10.3. The highest BCUT2D eigenvalue weighted by atomic mass is 16.4. The number of hydrogen-bond acceptors (Lipinski definition) is 3. The molecule has 2 rings (SSSR count). The lowest BCUT2D eigenvalue weighted by molar-refractivity contribution is 0.551. The van der Waals surface area contributed by atoms with Crippen LogP contribution in [0.3, 0.4) is 0 Å². The predicted molar refractivity (Wildman–Crippen MR) is 44.5 cm³/mol. The van der Waals surface area contributed by atoms with Crippen molar-refractivity contribution in [2.24, 2.45) is 0 Å². The first kappa shape index (κ1) is 6.86. The first-order valence-electron chi connectivity index (χ1n) is 3.49. The van der Waals surface area contributed by atoms with Crippen LogP contribution in [0.4, 0.5) is 0 Å². The number of aromatic nitrogens is 2. The number of aryl methyl sites for hydroxylation is 1. The number of hydrogen-bond donors (Lipinski definition) is 0. The summed E-state index contributed by atoms with van der Waals surface area (Å²) >= 11 is 0. The van der Waals surface area contributed by atoms with E-state index < -0.39 is 0 Å². The lowest BCUT2D eigenvalue weighted by Crippen LogP contribution is -1.78. The van der Waals surface area contributed by atoms with Gasteiger partial charge in [0.05, 0.1) is 0 Å². The van der Waals surface area contributed by atoms with Crippen LogP contribution in [0.25, 0.3) is 11.2 Å². The molecule has 58 valence electrons. The normalized spacial score (nSPS) is 10.0. The maximum atomic E-state index is 5.20. The van der Waals surface area contributed by atoms with Crippen LogP contribution in [0.1, 0.15) is 11.5 Å². The molecule has 2 aromatic rings. The van der Waals surface area contributed by atoms with Gasteiger partial charge in [-0.05, 0) is 6.07 Å². The van der Waals surface area contributed by atoms with Crippen LogP contribution >= 0.6 is 0 Å². The van der Waals surface area contributed by atoms with Gasteiger partial charge in [-0.1, -0.05) is 5.92 Å². The minimum atomic E-state index is 0.534. The van der Waals surface area contributed by atoms with E-state index in [1.165, 1.54) is 0 Å². The van der Waals surface area contributed by atoms with E-state index in [1.54, 1.807) is 19.2 Å². The molecule has 0 saturated heterocycles. The Morgan fingerprint density at radius 3 is 3.17 bits per heavy atom. The Kier molecular flexibility index (Phi) is 1.34. The van der Waals surface area contributed by atoms with Gasteiger partial charge in [-0.3, -0.25) is 0 Å². The van der Waals surface area contributed by atoms with Gasteiger partial charge in [0.2, 0.25) is 5.71 Å². The van der Waals surface area contributed by atoms with E-state index >= 15 is 0 Å². The van der Waals surface area contributed by atoms with Crippen molar-refractivity contribution >= 4 is 11.2 Å². The maximum Gasteiger partial charge on any atom is 0.246 e. The first-order chi connectivity index (χ1) is 5.79. The van der Waals surface area contributed by atoms with Crippen LogP contribution in [0.5, 0.6) is 0 Å². The molecule has 0 fully saturated rings. The molecule has 2 aromatic heterocycles. The fourth-order valence-corrected chi connectivity index (χ4v) is 1.01. The molecular formula is C9H6N2O. The average Bonchev–Trinajstić information content (AvgIpc) is 2.43. The number of fused-ring (bicyclic) bond motifs is 1. The van der Waals surface area contributed by atoms with Gasteiger partial charge in [-0.15, -0.1) is 6.42 Å². The van der Waals surface area contributed by atoms with E-state index in [0.717, 1.165) is 5.56 Å². The predicted octanol–water partition coefficient (Wildman–Crippen LogP) is 1.51. The molecule has 12 heavy (non-hydrogen) atoms. The monoisotopic (exact) mass is 158 g/mol. The van der Waals surface area contributed by atoms with Crippen molar-refractivity contribution in [2.75, 3.05) is 0 Å². The van der Waals surface area contributed by atoms with Gasteiger partial charge >= 0.3 is 0 Å². The number of terminal acetylenes is 1. The summed E-state index contributed by atoms with van der Waals surface area (Å²) in [4.78, 5) is 8.10. The van der Waals surface area contributed by atoms with Crippen molar-refractivity contribution in [1.82, 2.24) is 9.97 Å². The summed E-state index contributed by atoms with van der Waals surface area (Å²) < 4.78 is 5.18. The molecule has 0 unspecified atom stereocenters. The van der Waals surface area contributed by atoms with Crippen LogP contribution in [0, 0.1) is 19.3 Å². The van der Waals surface area contributed by atoms with E-state index in [4.69, 9.17) is 10.8 Å². The highest BCUT2D eigenvalue weighted by Crippen LogP contribution is 2.12. The second-order valence-electron chi connectivity index (χ2n) is 2.43. The van der Waals surface area contributed by atoms with Gasteiger partial charge in [-0.2, -0.15) is 0 Å². The van der Waals surface area contributed by atoms with Crippen molar-refractivity contribution in [3.8, 4) is 12.3 Å². The topological polar surface area (TPSA) is 38.9 Å². The third-order valence-corrected chi connectivity index (χ3v) is 1.52. The first-order valence-corrected chi connectivity index (χ1v) is 3.49. The largest absolute Gasteiger partial charge is 0.423 e. The van der Waals surface area contributed by atoms with E-state index in [0.29, 0.717) is 17.1 Å². The second kappa shape index (κ2) is 2.35. The molecular weight excluding hydrogens is 152 g/mol. The third kappa shape index (κ3) is 0.940. The lowest BCUT2D eigenvalue weighted by Gasteiger charge is -1.86. The number of oxazole rings is 1. The molecule has 3 nitrogen and oxygen atoms in total. The molecule has 0 aromatic carbocycles. The zero-order valence-corrected chi connectivity index (χ0v) is 6.53. The molecule has 2 heterocycles. The van der Waals surface area contributed by atoms with Crippen LogP contribution < -0.4 is 0 Å². The van der Waals surface area contributed by atoms with Crippen LogP contribution in [-0.4, -0.2) is 9.97 Å². The van der Waals surface area contributed by atoms with Crippen molar-refractivity contribution in [2.45, 2.75) is 6.92 Å². The SMILES string of the molecule is C#Cc1cnc2oc(C)nc2c1. The molecule has 0 saturated carbocycles. The molecule has 0 atom stereocenters. The second-order valence-corrected chi connectivity index (χ2v) is 2.43. The fraction of sp³-hybridized carbons (Fsp3) is 0.111. The molecule has 0 aliphatic rings. The van der Waals surface area contributed by atoms with Gasteiger partial charge in [0.1, 0.15) is 5.52 Å². The van der Waals surface area contributed by atoms with E-state index in [1.807, 2.05) is 0 Å². The number of pyridine rings is 1. The number of nitrogens with zero attached hydrogens (tertiary/aromatic N) is 2. The molecule has 0 aliphatic heterocycles.